The molecule has 1 rings (SSSR count). The Labute approximate surface area is 75.1 Å². The SMILES string of the molecule is O=C(O)Cc1ccc(C(O)O)cc1. The molecule has 13 heavy (non-hydrogen) atoms. The molecule has 4 nitrogen and oxygen atoms in total. The van der Waals surface area contributed by atoms with E-state index in [-0.39, 0.29) is 6.42 Å². The first-order valence-corrected chi connectivity index (χ1v) is 3.76. The fourth-order valence-electron chi connectivity index (χ4n) is 0.982. The van der Waals surface area contributed by atoms with Gasteiger partial charge in [0.25, 0.3) is 0 Å². The zero-order valence-corrected chi connectivity index (χ0v) is 6.84. The second kappa shape index (κ2) is 4.02. The highest BCUT2D eigenvalue weighted by atomic mass is 16.5. The lowest BCUT2D eigenvalue weighted by Crippen LogP contribution is -2.00. The third-order valence-corrected chi connectivity index (χ3v) is 1.63. The van der Waals surface area contributed by atoms with Crippen molar-refractivity contribution >= 4 is 5.97 Å². The second-order valence-corrected chi connectivity index (χ2v) is 2.69. The molecule has 0 spiro atoms. The van der Waals surface area contributed by atoms with Crippen molar-refractivity contribution in [2.45, 2.75) is 12.7 Å². The molecule has 0 aliphatic carbocycles. The molecule has 0 radical (unpaired) electrons. The smallest absolute Gasteiger partial charge is 0.307 e. The van der Waals surface area contributed by atoms with E-state index in [4.69, 9.17) is 15.3 Å². The molecule has 3 N–H and O–H groups in total. The number of hydrogen-bond acceptors (Lipinski definition) is 3. The van der Waals surface area contributed by atoms with E-state index in [1.54, 1.807) is 12.1 Å². The Balaban J connectivity index is 2.75. The van der Waals surface area contributed by atoms with Crippen molar-refractivity contribution in [1.82, 2.24) is 0 Å². The summed E-state index contributed by atoms with van der Waals surface area (Å²) in [4.78, 5) is 10.3. The topological polar surface area (TPSA) is 77.8 Å². The van der Waals surface area contributed by atoms with Gasteiger partial charge in [0, 0.05) is 5.56 Å². The highest BCUT2D eigenvalue weighted by Crippen LogP contribution is 2.11. The molecule has 0 fully saturated rings. The van der Waals surface area contributed by atoms with Crippen molar-refractivity contribution in [3.05, 3.63) is 35.4 Å². The summed E-state index contributed by atoms with van der Waals surface area (Å²) in [5.74, 6) is -0.905. The van der Waals surface area contributed by atoms with Gasteiger partial charge in [-0.2, -0.15) is 0 Å². The standard InChI is InChI=1S/C9H10O4/c10-8(11)5-6-1-3-7(4-2-6)9(12)13/h1-4,9,12-13H,5H2,(H,10,11). The highest BCUT2D eigenvalue weighted by Gasteiger charge is 2.03. The molecule has 0 unspecified atom stereocenters. The monoisotopic (exact) mass is 182 g/mol. The zero-order chi connectivity index (χ0) is 9.84. The number of rotatable bonds is 3. The average molecular weight is 182 g/mol. The lowest BCUT2D eigenvalue weighted by molar-refractivity contribution is -0.136. The minimum atomic E-state index is -1.50. The van der Waals surface area contributed by atoms with Crippen LogP contribution in [0.2, 0.25) is 0 Å². The van der Waals surface area contributed by atoms with Crippen LogP contribution in [0, 0.1) is 0 Å². The molecule has 0 saturated carbocycles. The van der Waals surface area contributed by atoms with Gasteiger partial charge in [0.2, 0.25) is 0 Å². The summed E-state index contributed by atoms with van der Waals surface area (Å²) in [5, 5.41) is 25.9. The van der Waals surface area contributed by atoms with Crippen molar-refractivity contribution in [2.24, 2.45) is 0 Å². The Morgan fingerprint density at radius 2 is 1.77 bits per heavy atom. The van der Waals surface area contributed by atoms with Gasteiger partial charge in [-0.3, -0.25) is 4.79 Å². The van der Waals surface area contributed by atoms with Gasteiger partial charge in [0.05, 0.1) is 6.42 Å². The normalized spacial score (nSPS) is 10.4. The summed E-state index contributed by atoms with van der Waals surface area (Å²) in [5.41, 5.74) is 0.992. The molecule has 0 saturated heterocycles. The number of hydrogen-bond donors (Lipinski definition) is 3. The summed E-state index contributed by atoms with van der Waals surface area (Å²) in [6, 6.07) is 6.09. The molecule has 0 amide bonds. The van der Waals surface area contributed by atoms with Crippen LogP contribution in [0.4, 0.5) is 0 Å². The fraction of sp³-hybridized carbons (Fsp3) is 0.222. The number of aliphatic hydroxyl groups is 2. The lowest BCUT2D eigenvalue weighted by atomic mass is 10.1. The van der Waals surface area contributed by atoms with Crippen LogP contribution < -0.4 is 0 Å². The first-order valence-electron chi connectivity index (χ1n) is 3.76. The number of aliphatic hydroxyl groups excluding tert-OH is 1. The lowest BCUT2D eigenvalue weighted by Gasteiger charge is -2.03. The van der Waals surface area contributed by atoms with Crippen LogP contribution in [0.25, 0.3) is 0 Å². The Hall–Kier alpha value is -1.39. The number of benzene rings is 1. The van der Waals surface area contributed by atoms with Crippen LogP contribution >= 0.6 is 0 Å². The highest BCUT2D eigenvalue weighted by molar-refractivity contribution is 5.70. The summed E-state index contributed by atoms with van der Waals surface area (Å²) in [6.07, 6.45) is -1.55. The third kappa shape index (κ3) is 2.85. The minimum Gasteiger partial charge on any atom is -0.481 e. The second-order valence-electron chi connectivity index (χ2n) is 2.69. The molecule has 0 atom stereocenters. The summed E-state index contributed by atoms with van der Waals surface area (Å²) in [6.45, 7) is 0. The predicted molar refractivity (Wildman–Crippen MR) is 45.0 cm³/mol. The number of aliphatic carboxylic acids is 1. The fourth-order valence-corrected chi connectivity index (χ4v) is 0.982. The van der Waals surface area contributed by atoms with Crippen LogP contribution in [0.1, 0.15) is 17.4 Å². The van der Waals surface area contributed by atoms with Crippen molar-refractivity contribution in [2.75, 3.05) is 0 Å². The number of carboxylic acid groups (broad SMARTS) is 1. The van der Waals surface area contributed by atoms with E-state index in [1.165, 1.54) is 12.1 Å². The molecule has 1 aromatic carbocycles. The first-order chi connectivity index (χ1) is 6.09. The van der Waals surface area contributed by atoms with Crippen LogP contribution in [0.15, 0.2) is 24.3 Å². The molecule has 0 bridgehead atoms. The Kier molecular flexibility index (Phi) is 3.00. The van der Waals surface area contributed by atoms with E-state index >= 15 is 0 Å². The van der Waals surface area contributed by atoms with Crippen molar-refractivity contribution in [3.63, 3.8) is 0 Å². The molecule has 0 aromatic heterocycles. The maximum absolute atomic E-state index is 10.3. The van der Waals surface area contributed by atoms with Gasteiger partial charge in [-0.15, -0.1) is 0 Å². The summed E-state index contributed by atoms with van der Waals surface area (Å²) in [7, 11) is 0. The Morgan fingerprint density at radius 3 is 2.15 bits per heavy atom. The van der Waals surface area contributed by atoms with Gasteiger partial charge in [-0.1, -0.05) is 24.3 Å². The Bertz CT molecular complexity index is 289. The van der Waals surface area contributed by atoms with Crippen molar-refractivity contribution < 1.29 is 20.1 Å². The van der Waals surface area contributed by atoms with E-state index in [1.807, 2.05) is 0 Å². The molecule has 4 heteroatoms. The van der Waals surface area contributed by atoms with E-state index in [9.17, 15) is 4.79 Å². The zero-order valence-electron chi connectivity index (χ0n) is 6.84. The van der Waals surface area contributed by atoms with E-state index in [0.717, 1.165) is 0 Å². The number of carbonyl (C=O) groups is 1. The van der Waals surface area contributed by atoms with Gasteiger partial charge in [0.15, 0.2) is 6.29 Å². The van der Waals surface area contributed by atoms with Crippen LogP contribution in [-0.4, -0.2) is 21.3 Å². The third-order valence-electron chi connectivity index (χ3n) is 1.63. The van der Waals surface area contributed by atoms with Crippen LogP contribution in [-0.2, 0) is 11.2 Å². The first kappa shape index (κ1) is 9.70. The molecule has 0 heterocycles. The van der Waals surface area contributed by atoms with Gasteiger partial charge in [-0.05, 0) is 5.56 Å². The van der Waals surface area contributed by atoms with E-state index in [2.05, 4.69) is 0 Å². The van der Waals surface area contributed by atoms with Gasteiger partial charge in [-0.25, -0.2) is 0 Å². The minimum absolute atomic E-state index is 0.0538. The predicted octanol–water partition coefficient (Wildman–Crippen LogP) is 0.297. The van der Waals surface area contributed by atoms with Crippen molar-refractivity contribution in [1.29, 1.82) is 0 Å². The molecular formula is C9H10O4. The molecular weight excluding hydrogens is 172 g/mol. The van der Waals surface area contributed by atoms with E-state index in [0.29, 0.717) is 11.1 Å². The quantitative estimate of drug-likeness (QED) is 0.587. The van der Waals surface area contributed by atoms with Crippen molar-refractivity contribution in [3.8, 4) is 0 Å². The molecule has 0 aliphatic heterocycles. The average Bonchev–Trinajstić information content (AvgIpc) is 2.04. The van der Waals surface area contributed by atoms with Crippen LogP contribution in [0.3, 0.4) is 0 Å². The van der Waals surface area contributed by atoms with Gasteiger partial charge >= 0.3 is 5.97 Å². The summed E-state index contributed by atoms with van der Waals surface area (Å²) >= 11 is 0. The van der Waals surface area contributed by atoms with Crippen LogP contribution in [0.5, 0.6) is 0 Å². The summed E-state index contributed by atoms with van der Waals surface area (Å²) < 4.78 is 0. The maximum atomic E-state index is 10.3. The Morgan fingerprint density at radius 1 is 1.23 bits per heavy atom. The van der Waals surface area contributed by atoms with Gasteiger partial charge in [0.1, 0.15) is 0 Å². The molecule has 1 aromatic rings. The number of carboxylic acids is 1. The van der Waals surface area contributed by atoms with Gasteiger partial charge < -0.3 is 15.3 Å². The van der Waals surface area contributed by atoms with E-state index < -0.39 is 12.3 Å². The largest absolute Gasteiger partial charge is 0.481 e. The maximum Gasteiger partial charge on any atom is 0.307 e. The molecule has 70 valence electrons. The molecule has 0 aliphatic rings.